The SMILES string of the molecule is CN(C)C1CCN(c2ccc(CNC(=O)c3cc(NC(=O)c4cc(F)c(F)cc4Cl)n[nH]3)cn2)CC1.Cl.Cl. The van der Waals surface area contributed by atoms with Crippen LogP contribution in [0.5, 0.6) is 0 Å². The maximum absolute atomic E-state index is 13.5. The highest BCUT2D eigenvalue weighted by atomic mass is 35.5. The van der Waals surface area contributed by atoms with Crippen LogP contribution in [0.1, 0.15) is 39.3 Å². The molecule has 1 aromatic carbocycles. The Labute approximate surface area is 236 Å². The van der Waals surface area contributed by atoms with Crippen molar-refractivity contribution in [3.63, 3.8) is 0 Å². The van der Waals surface area contributed by atoms with Crippen molar-refractivity contribution in [1.29, 1.82) is 0 Å². The molecule has 3 N–H and O–H groups in total. The zero-order valence-corrected chi connectivity index (χ0v) is 23.0. The third-order valence-corrected chi connectivity index (χ3v) is 6.41. The Bertz CT molecular complexity index is 1250. The molecule has 1 aliphatic rings. The number of aromatic nitrogens is 3. The van der Waals surface area contributed by atoms with E-state index in [1.54, 1.807) is 6.20 Å². The van der Waals surface area contributed by atoms with Crippen LogP contribution in [0, 0.1) is 11.6 Å². The molecule has 2 amide bonds. The van der Waals surface area contributed by atoms with E-state index in [4.69, 9.17) is 11.6 Å². The Morgan fingerprint density at radius 3 is 2.42 bits per heavy atom. The van der Waals surface area contributed by atoms with Crippen LogP contribution < -0.4 is 15.5 Å². The van der Waals surface area contributed by atoms with E-state index in [1.807, 2.05) is 12.1 Å². The number of nitrogens with one attached hydrogen (secondary N) is 3. The highest BCUT2D eigenvalue weighted by Gasteiger charge is 2.21. The zero-order valence-electron chi connectivity index (χ0n) is 20.6. The minimum absolute atomic E-state index is 0. The predicted octanol–water partition coefficient (Wildman–Crippen LogP) is 4.29. The molecule has 0 bridgehead atoms. The lowest BCUT2D eigenvalue weighted by molar-refractivity contribution is 0.0945. The monoisotopic (exact) mass is 589 g/mol. The van der Waals surface area contributed by atoms with Gasteiger partial charge in [-0.1, -0.05) is 17.7 Å². The van der Waals surface area contributed by atoms with E-state index in [2.05, 4.69) is 49.7 Å². The number of hydrogen-bond acceptors (Lipinski definition) is 6. The number of piperidine rings is 1. The summed E-state index contributed by atoms with van der Waals surface area (Å²) in [5.74, 6) is -2.67. The Hall–Kier alpha value is -2.99. The first-order valence-corrected chi connectivity index (χ1v) is 11.7. The van der Waals surface area contributed by atoms with E-state index in [0.717, 1.165) is 37.3 Å². The average molecular weight is 591 g/mol. The van der Waals surface area contributed by atoms with Gasteiger partial charge in [-0.3, -0.25) is 14.7 Å². The van der Waals surface area contributed by atoms with Crippen molar-refractivity contribution in [2.24, 2.45) is 0 Å². The van der Waals surface area contributed by atoms with Crippen LogP contribution in [0.15, 0.2) is 36.5 Å². The number of halogens is 5. The van der Waals surface area contributed by atoms with Crippen LogP contribution >= 0.6 is 36.4 Å². The minimum atomic E-state index is -1.21. The Balaban J connectivity index is 0.00000253. The van der Waals surface area contributed by atoms with E-state index in [0.29, 0.717) is 18.2 Å². The highest BCUT2D eigenvalue weighted by molar-refractivity contribution is 6.34. The summed E-state index contributed by atoms with van der Waals surface area (Å²) < 4.78 is 26.7. The fraction of sp³-hybridized carbons (Fsp3) is 0.333. The molecule has 9 nitrogen and oxygen atoms in total. The van der Waals surface area contributed by atoms with Crippen LogP contribution in [-0.4, -0.2) is 65.1 Å². The Morgan fingerprint density at radius 2 is 1.79 bits per heavy atom. The maximum Gasteiger partial charge on any atom is 0.269 e. The number of aromatic amines is 1. The second kappa shape index (κ2) is 13.7. The molecule has 3 heterocycles. The molecule has 4 rings (SSSR count). The topological polar surface area (TPSA) is 106 Å². The number of carbonyl (C=O) groups is 2. The van der Waals surface area contributed by atoms with Crippen molar-refractivity contribution in [3.05, 3.63) is 70.0 Å². The molecule has 0 spiro atoms. The fourth-order valence-electron chi connectivity index (χ4n) is 3.98. The molecule has 0 aliphatic carbocycles. The molecule has 2 aromatic heterocycles. The third kappa shape index (κ3) is 7.53. The Kier molecular flexibility index (Phi) is 11.3. The number of pyridine rings is 1. The second-order valence-electron chi connectivity index (χ2n) is 8.76. The van der Waals surface area contributed by atoms with Crippen LogP contribution in [0.3, 0.4) is 0 Å². The molecule has 14 heteroatoms. The van der Waals surface area contributed by atoms with E-state index in [1.165, 1.54) is 6.07 Å². The van der Waals surface area contributed by atoms with Gasteiger partial charge in [0.15, 0.2) is 17.5 Å². The molecular weight excluding hydrogens is 563 g/mol. The van der Waals surface area contributed by atoms with Gasteiger partial charge in [0.2, 0.25) is 0 Å². The molecule has 38 heavy (non-hydrogen) atoms. The number of carbonyl (C=O) groups excluding carboxylic acids is 2. The largest absolute Gasteiger partial charge is 0.357 e. The van der Waals surface area contributed by atoms with Crippen molar-refractivity contribution < 1.29 is 18.4 Å². The van der Waals surface area contributed by atoms with Gasteiger partial charge >= 0.3 is 0 Å². The lowest BCUT2D eigenvalue weighted by atomic mass is 10.0. The van der Waals surface area contributed by atoms with Gasteiger partial charge in [-0.2, -0.15) is 5.10 Å². The molecule has 3 aromatic rings. The zero-order chi connectivity index (χ0) is 25.8. The first kappa shape index (κ1) is 31.2. The van der Waals surface area contributed by atoms with Gasteiger partial charge in [-0.05, 0) is 50.7 Å². The quantitative estimate of drug-likeness (QED) is 0.355. The van der Waals surface area contributed by atoms with Crippen LogP contribution in [-0.2, 0) is 6.54 Å². The van der Waals surface area contributed by atoms with E-state index < -0.39 is 23.4 Å². The van der Waals surface area contributed by atoms with Crippen LogP contribution in [0.4, 0.5) is 20.4 Å². The van der Waals surface area contributed by atoms with Crippen molar-refractivity contribution in [2.45, 2.75) is 25.4 Å². The number of hydrogen-bond donors (Lipinski definition) is 3. The molecule has 206 valence electrons. The lowest BCUT2D eigenvalue weighted by Gasteiger charge is -2.35. The molecule has 0 atom stereocenters. The van der Waals surface area contributed by atoms with Crippen molar-refractivity contribution in [3.8, 4) is 0 Å². The van der Waals surface area contributed by atoms with Gasteiger partial charge in [0.05, 0.1) is 10.6 Å². The maximum atomic E-state index is 13.5. The van der Waals surface area contributed by atoms with Gasteiger partial charge in [0.25, 0.3) is 11.8 Å². The summed E-state index contributed by atoms with van der Waals surface area (Å²) in [4.78, 5) is 33.9. The highest BCUT2D eigenvalue weighted by Crippen LogP contribution is 2.22. The average Bonchev–Trinajstić information content (AvgIpc) is 3.33. The number of rotatable bonds is 7. The molecule has 1 saturated heterocycles. The van der Waals surface area contributed by atoms with Gasteiger partial charge in [0, 0.05) is 37.9 Å². The summed E-state index contributed by atoms with van der Waals surface area (Å²) in [7, 11) is 4.21. The number of amides is 2. The van der Waals surface area contributed by atoms with Gasteiger partial charge in [-0.15, -0.1) is 24.8 Å². The lowest BCUT2D eigenvalue weighted by Crippen LogP contribution is -2.42. The van der Waals surface area contributed by atoms with Gasteiger partial charge < -0.3 is 20.4 Å². The number of anilines is 2. The molecule has 1 fully saturated rings. The smallest absolute Gasteiger partial charge is 0.269 e. The van der Waals surface area contributed by atoms with Crippen molar-refractivity contribution >= 4 is 59.9 Å². The van der Waals surface area contributed by atoms with E-state index >= 15 is 0 Å². The third-order valence-electron chi connectivity index (χ3n) is 6.10. The molecule has 0 radical (unpaired) electrons. The first-order valence-electron chi connectivity index (χ1n) is 11.4. The molecular formula is C24H28Cl3F2N7O2. The summed E-state index contributed by atoms with van der Waals surface area (Å²) in [5, 5.41) is 11.3. The normalized spacial score (nSPS) is 13.5. The molecule has 0 saturated carbocycles. The number of nitrogens with zero attached hydrogens (tertiary/aromatic N) is 4. The number of benzene rings is 1. The summed E-state index contributed by atoms with van der Waals surface area (Å²) in [6.45, 7) is 2.15. The summed E-state index contributed by atoms with van der Waals surface area (Å²) >= 11 is 5.82. The van der Waals surface area contributed by atoms with E-state index in [-0.39, 0.29) is 53.5 Å². The standard InChI is InChI=1S/C24H26ClF2N7O2.2ClH/c1-33(2)15-5-7-34(8-6-15)22-4-3-14(12-28-22)13-29-24(36)20-11-21(32-31-20)30-23(35)16-9-18(26)19(27)10-17(16)25;;/h3-4,9-12,15H,5-8,13H2,1-2H3,(H,29,36)(H2,30,31,32,35);2*1H. The predicted molar refractivity (Wildman–Crippen MR) is 147 cm³/mol. The van der Waals surface area contributed by atoms with E-state index in [9.17, 15) is 18.4 Å². The van der Waals surface area contributed by atoms with Crippen LogP contribution in [0.25, 0.3) is 0 Å². The van der Waals surface area contributed by atoms with Crippen molar-refractivity contribution in [2.75, 3.05) is 37.4 Å². The fourth-order valence-corrected chi connectivity index (χ4v) is 4.22. The minimum Gasteiger partial charge on any atom is -0.357 e. The van der Waals surface area contributed by atoms with Crippen LogP contribution in [0.2, 0.25) is 5.02 Å². The first-order chi connectivity index (χ1) is 17.2. The molecule has 1 aliphatic heterocycles. The Morgan fingerprint density at radius 1 is 1.11 bits per heavy atom. The summed E-state index contributed by atoms with van der Waals surface area (Å²) in [5.41, 5.74) is 0.675. The van der Waals surface area contributed by atoms with Gasteiger partial charge in [-0.25, -0.2) is 13.8 Å². The van der Waals surface area contributed by atoms with Gasteiger partial charge in [0.1, 0.15) is 11.5 Å². The van der Waals surface area contributed by atoms with Crippen molar-refractivity contribution in [1.82, 2.24) is 25.4 Å². The summed E-state index contributed by atoms with van der Waals surface area (Å²) in [6, 6.07) is 7.19. The number of H-pyrrole nitrogens is 1. The summed E-state index contributed by atoms with van der Waals surface area (Å²) in [6.07, 6.45) is 3.91. The molecule has 0 unspecified atom stereocenters. The second-order valence-corrected chi connectivity index (χ2v) is 9.16.